The molecular weight excluding hydrogens is 420 g/mol. The third kappa shape index (κ3) is 12.5. The van der Waals surface area contributed by atoms with Crippen LogP contribution >= 0.6 is 0 Å². The molecule has 0 aromatic heterocycles. The van der Waals surface area contributed by atoms with E-state index < -0.39 is 0 Å². The Bertz CT molecular complexity index is 754. The first-order valence-electron chi connectivity index (χ1n) is 13.7. The minimum Gasteiger partial charge on any atom is -0.396 e. The lowest BCUT2D eigenvalue weighted by Gasteiger charge is -2.11. The first-order chi connectivity index (χ1) is 16.7. The van der Waals surface area contributed by atoms with E-state index in [1.165, 1.54) is 77.0 Å². The minimum absolute atomic E-state index is 0.0398. The summed E-state index contributed by atoms with van der Waals surface area (Å²) in [5.41, 5.74) is 2.48. The quantitative estimate of drug-likeness (QED) is 0.155. The summed E-state index contributed by atoms with van der Waals surface area (Å²) in [5, 5.41) is 19.2. The summed E-state index contributed by atoms with van der Waals surface area (Å²) in [5.74, 6) is 0.0398. The number of benzene rings is 2. The molecule has 3 nitrogen and oxygen atoms in total. The van der Waals surface area contributed by atoms with Crippen molar-refractivity contribution in [1.29, 1.82) is 0 Å². The molecule has 0 bridgehead atoms. The van der Waals surface area contributed by atoms with Crippen LogP contribution in [0.25, 0.3) is 0 Å². The molecule has 3 heteroatoms. The third-order valence-electron chi connectivity index (χ3n) is 6.67. The summed E-state index contributed by atoms with van der Waals surface area (Å²) in [6.45, 7) is 0.342. The van der Waals surface area contributed by atoms with Crippen molar-refractivity contribution < 1.29 is 15.0 Å². The fourth-order valence-electron chi connectivity index (χ4n) is 4.54. The maximum Gasteiger partial charge on any atom is 0.193 e. The Morgan fingerprint density at radius 2 is 1.03 bits per heavy atom. The van der Waals surface area contributed by atoms with Crippen molar-refractivity contribution in [3.63, 3.8) is 0 Å². The monoisotopic (exact) mass is 466 g/mol. The molecule has 0 saturated carbocycles. The largest absolute Gasteiger partial charge is 0.396 e. The van der Waals surface area contributed by atoms with Gasteiger partial charge in [-0.25, -0.2) is 0 Å². The highest BCUT2D eigenvalue weighted by Crippen LogP contribution is 2.16. The van der Waals surface area contributed by atoms with Crippen LogP contribution in [0.3, 0.4) is 0 Å². The van der Waals surface area contributed by atoms with Gasteiger partial charge in [-0.3, -0.25) is 4.79 Å². The second-order valence-electron chi connectivity index (χ2n) is 9.71. The fraction of sp³-hybridized carbons (Fsp3) is 0.581. The number of aliphatic hydroxyl groups is 2. The third-order valence-corrected chi connectivity index (χ3v) is 6.67. The van der Waals surface area contributed by atoms with Gasteiger partial charge in [0.2, 0.25) is 0 Å². The van der Waals surface area contributed by atoms with E-state index in [4.69, 9.17) is 5.11 Å². The first kappa shape index (κ1) is 28.3. The van der Waals surface area contributed by atoms with E-state index in [0.29, 0.717) is 24.2 Å². The number of carbonyl (C=O) groups is 1. The van der Waals surface area contributed by atoms with Crippen LogP contribution in [-0.4, -0.2) is 28.7 Å². The van der Waals surface area contributed by atoms with E-state index in [1.54, 1.807) is 0 Å². The van der Waals surface area contributed by atoms with Gasteiger partial charge < -0.3 is 10.2 Å². The van der Waals surface area contributed by atoms with Crippen LogP contribution in [0, 0.1) is 0 Å². The Morgan fingerprint density at radius 3 is 1.53 bits per heavy atom. The van der Waals surface area contributed by atoms with E-state index in [-0.39, 0.29) is 11.9 Å². The second-order valence-corrected chi connectivity index (χ2v) is 9.71. The Morgan fingerprint density at radius 1 is 0.588 bits per heavy atom. The molecule has 1 atom stereocenters. The van der Waals surface area contributed by atoms with Crippen LogP contribution in [0.5, 0.6) is 0 Å². The van der Waals surface area contributed by atoms with E-state index in [1.807, 2.05) is 54.6 Å². The molecule has 1 unspecified atom stereocenters. The minimum atomic E-state index is -0.306. The van der Waals surface area contributed by atoms with Crippen molar-refractivity contribution in [3.05, 3.63) is 71.3 Å². The van der Waals surface area contributed by atoms with Crippen LogP contribution < -0.4 is 0 Å². The van der Waals surface area contributed by atoms with E-state index in [2.05, 4.69) is 0 Å². The lowest BCUT2D eigenvalue weighted by atomic mass is 9.98. The van der Waals surface area contributed by atoms with Gasteiger partial charge in [0.15, 0.2) is 5.78 Å². The molecule has 0 heterocycles. The molecule has 2 N–H and O–H groups in total. The predicted molar refractivity (Wildman–Crippen MR) is 142 cm³/mol. The Balaban J connectivity index is 1.44. The second kappa shape index (κ2) is 18.4. The highest BCUT2D eigenvalue weighted by Gasteiger charge is 2.10. The fourth-order valence-corrected chi connectivity index (χ4v) is 4.54. The SMILES string of the molecule is O=C(c1ccccc1)c1ccc(CC(O)CCCCCCCCCCCCCCCCO)cc1. The highest BCUT2D eigenvalue weighted by molar-refractivity contribution is 6.08. The number of hydrogen-bond acceptors (Lipinski definition) is 3. The van der Waals surface area contributed by atoms with Gasteiger partial charge in [0.05, 0.1) is 6.10 Å². The van der Waals surface area contributed by atoms with Gasteiger partial charge in [-0.2, -0.15) is 0 Å². The molecule has 0 saturated heterocycles. The number of ketones is 1. The average molecular weight is 467 g/mol. The Labute approximate surface area is 207 Å². The zero-order valence-corrected chi connectivity index (χ0v) is 21.1. The molecule has 0 aliphatic carbocycles. The lowest BCUT2D eigenvalue weighted by Crippen LogP contribution is -2.10. The Hall–Kier alpha value is -1.97. The molecular formula is C31H46O3. The smallest absolute Gasteiger partial charge is 0.193 e. The molecule has 2 aromatic rings. The number of unbranched alkanes of at least 4 members (excludes halogenated alkanes) is 13. The van der Waals surface area contributed by atoms with E-state index in [0.717, 1.165) is 24.8 Å². The van der Waals surface area contributed by atoms with E-state index in [9.17, 15) is 9.90 Å². The standard InChI is InChI=1S/C31H46O3/c32-25-17-12-10-8-6-4-2-1-3-5-7-9-11-16-20-30(33)26-27-21-23-29(24-22-27)31(34)28-18-14-13-15-19-28/h13-15,18-19,21-24,30,32-33H,1-12,16-17,20,25-26H2. The van der Waals surface area contributed by atoms with Crippen molar-refractivity contribution in [2.45, 2.75) is 109 Å². The van der Waals surface area contributed by atoms with Crippen LogP contribution in [0.15, 0.2) is 54.6 Å². The maximum atomic E-state index is 12.5. The summed E-state index contributed by atoms with van der Waals surface area (Å²) in [6, 6.07) is 17.0. The molecule has 2 aromatic carbocycles. The van der Waals surface area contributed by atoms with Crippen LogP contribution in [0.4, 0.5) is 0 Å². The zero-order chi connectivity index (χ0) is 24.3. The number of hydrogen-bond donors (Lipinski definition) is 2. The van der Waals surface area contributed by atoms with Gasteiger partial charge in [0.1, 0.15) is 0 Å². The van der Waals surface area contributed by atoms with Crippen molar-refractivity contribution >= 4 is 5.78 Å². The summed E-state index contributed by atoms with van der Waals surface area (Å²) < 4.78 is 0. The molecule has 0 spiro atoms. The normalized spacial score (nSPS) is 12.1. The molecule has 0 radical (unpaired) electrons. The van der Waals surface area contributed by atoms with Crippen LogP contribution in [0.1, 0.15) is 118 Å². The summed E-state index contributed by atoms with van der Waals surface area (Å²) >= 11 is 0. The number of rotatable bonds is 20. The molecule has 2 rings (SSSR count). The number of carbonyl (C=O) groups excluding carboxylic acids is 1. The topological polar surface area (TPSA) is 57.5 Å². The van der Waals surface area contributed by atoms with Gasteiger partial charge in [-0.15, -0.1) is 0 Å². The van der Waals surface area contributed by atoms with Crippen molar-refractivity contribution in [1.82, 2.24) is 0 Å². The maximum absolute atomic E-state index is 12.5. The molecule has 0 amide bonds. The first-order valence-corrected chi connectivity index (χ1v) is 13.7. The lowest BCUT2D eigenvalue weighted by molar-refractivity contribution is 0.103. The van der Waals surface area contributed by atoms with Crippen molar-refractivity contribution in [3.8, 4) is 0 Å². The molecule has 188 valence electrons. The summed E-state index contributed by atoms with van der Waals surface area (Å²) in [6.07, 6.45) is 19.0. The molecule has 0 aliphatic heterocycles. The highest BCUT2D eigenvalue weighted by atomic mass is 16.3. The van der Waals surface area contributed by atoms with Gasteiger partial charge in [-0.05, 0) is 24.8 Å². The summed E-state index contributed by atoms with van der Waals surface area (Å²) in [7, 11) is 0. The van der Waals surface area contributed by atoms with Crippen molar-refractivity contribution in [2.75, 3.05) is 6.61 Å². The molecule has 34 heavy (non-hydrogen) atoms. The van der Waals surface area contributed by atoms with Crippen LogP contribution in [-0.2, 0) is 6.42 Å². The predicted octanol–water partition coefficient (Wildman–Crippen LogP) is 7.66. The average Bonchev–Trinajstić information content (AvgIpc) is 2.87. The molecule has 0 aliphatic rings. The summed E-state index contributed by atoms with van der Waals surface area (Å²) in [4.78, 5) is 12.5. The zero-order valence-electron chi connectivity index (χ0n) is 21.1. The van der Waals surface area contributed by atoms with Crippen LogP contribution in [0.2, 0.25) is 0 Å². The van der Waals surface area contributed by atoms with E-state index >= 15 is 0 Å². The number of aliphatic hydroxyl groups excluding tert-OH is 2. The molecule has 0 fully saturated rings. The van der Waals surface area contributed by atoms with Gasteiger partial charge in [-0.1, -0.05) is 138 Å². The van der Waals surface area contributed by atoms with Crippen molar-refractivity contribution in [2.24, 2.45) is 0 Å². The Kier molecular flexibility index (Phi) is 15.3. The van der Waals surface area contributed by atoms with Gasteiger partial charge >= 0.3 is 0 Å². The van der Waals surface area contributed by atoms with Gasteiger partial charge in [0.25, 0.3) is 0 Å². The van der Waals surface area contributed by atoms with Gasteiger partial charge in [0, 0.05) is 17.7 Å².